The van der Waals surface area contributed by atoms with E-state index < -0.39 is 5.97 Å². The molecule has 0 aromatic rings. The van der Waals surface area contributed by atoms with Gasteiger partial charge in [-0.05, 0) is 26.7 Å². The number of carbonyl (C=O) groups is 2. The summed E-state index contributed by atoms with van der Waals surface area (Å²) >= 11 is 0. The first kappa shape index (κ1) is 16.7. The molecule has 2 amide bonds. The maximum atomic E-state index is 12.0. The molecule has 0 heterocycles. The third kappa shape index (κ3) is 6.47. The van der Waals surface area contributed by atoms with Crippen molar-refractivity contribution in [3.05, 3.63) is 0 Å². The van der Waals surface area contributed by atoms with E-state index in [-0.39, 0.29) is 24.7 Å². The van der Waals surface area contributed by atoms with E-state index in [2.05, 4.69) is 12.2 Å². The van der Waals surface area contributed by atoms with E-state index in [0.29, 0.717) is 0 Å². The van der Waals surface area contributed by atoms with Crippen molar-refractivity contribution in [1.29, 1.82) is 0 Å². The van der Waals surface area contributed by atoms with Gasteiger partial charge in [-0.15, -0.1) is 0 Å². The van der Waals surface area contributed by atoms with Crippen LogP contribution in [0.2, 0.25) is 0 Å². The molecule has 18 heavy (non-hydrogen) atoms. The molecule has 2 unspecified atom stereocenters. The van der Waals surface area contributed by atoms with Crippen LogP contribution in [0.1, 0.15) is 53.4 Å². The number of aliphatic carboxylic acids is 1. The fraction of sp³-hybridized carbons (Fsp3) is 0.846. The summed E-state index contributed by atoms with van der Waals surface area (Å²) < 4.78 is 0. The second-order valence-electron chi connectivity index (χ2n) is 4.77. The molecule has 106 valence electrons. The van der Waals surface area contributed by atoms with Gasteiger partial charge in [0.05, 0.1) is 0 Å². The Hall–Kier alpha value is -1.26. The summed E-state index contributed by atoms with van der Waals surface area (Å²) in [6, 6.07) is -0.271. The van der Waals surface area contributed by atoms with Gasteiger partial charge in [0.1, 0.15) is 6.54 Å². The third-order valence-electron chi connectivity index (χ3n) is 3.05. The summed E-state index contributed by atoms with van der Waals surface area (Å²) in [7, 11) is 0. The Morgan fingerprint density at radius 1 is 1.28 bits per heavy atom. The molecule has 2 atom stereocenters. The quantitative estimate of drug-likeness (QED) is 0.702. The van der Waals surface area contributed by atoms with Crippen molar-refractivity contribution in [1.82, 2.24) is 10.2 Å². The SMILES string of the molecule is CCCCC(C)NC(=O)N(CC(=O)O)C(C)CC. The molecule has 0 bridgehead atoms. The number of unbranched alkanes of at least 4 members (excludes halogenated alkanes) is 1. The Balaban J connectivity index is 4.41. The zero-order chi connectivity index (χ0) is 14.1. The molecule has 0 saturated heterocycles. The predicted molar refractivity (Wildman–Crippen MR) is 71.6 cm³/mol. The van der Waals surface area contributed by atoms with Gasteiger partial charge >= 0.3 is 12.0 Å². The van der Waals surface area contributed by atoms with Crippen LogP contribution in [0.4, 0.5) is 4.79 Å². The van der Waals surface area contributed by atoms with Crippen molar-refractivity contribution in [2.24, 2.45) is 0 Å². The van der Waals surface area contributed by atoms with E-state index in [9.17, 15) is 9.59 Å². The van der Waals surface area contributed by atoms with E-state index in [1.165, 1.54) is 4.90 Å². The highest BCUT2D eigenvalue weighted by Gasteiger charge is 2.22. The number of rotatable bonds is 8. The Labute approximate surface area is 110 Å². The average molecular weight is 258 g/mol. The molecule has 0 aliphatic carbocycles. The number of hydrogen-bond donors (Lipinski definition) is 2. The normalized spacial score (nSPS) is 13.8. The molecule has 0 spiro atoms. The summed E-state index contributed by atoms with van der Waals surface area (Å²) in [6.45, 7) is 7.60. The van der Waals surface area contributed by atoms with E-state index in [1.54, 1.807) is 0 Å². The Bertz CT molecular complexity index is 269. The lowest BCUT2D eigenvalue weighted by molar-refractivity contribution is -0.138. The molecule has 0 aromatic carbocycles. The largest absolute Gasteiger partial charge is 0.480 e. The van der Waals surface area contributed by atoms with Crippen LogP contribution in [0.3, 0.4) is 0 Å². The van der Waals surface area contributed by atoms with E-state index in [1.807, 2.05) is 20.8 Å². The Kier molecular flexibility index (Phi) is 8.16. The summed E-state index contributed by atoms with van der Waals surface area (Å²) in [5.41, 5.74) is 0. The third-order valence-corrected chi connectivity index (χ3v) is 3.05. The summed E-state index contributed by atoms with van der Waals surface area (Å²) in [5.74, 6) is -0.980. The number of amides is 2. The summed E-state index contributed by atoms with van der Waals surface area (Å²) in [5, 5.41) is 11.7. The Morgan fingerprint density at radius 3 is 2.33 bits per heavy atom. The van der Waals surface area contributed by atoms with Crippen LogP contribution in [-0.4, -0.2) is 40.6 Å². The lowest BCUT2D eigenvalue weighted by Gasteiger charge is -2.28. The van der Waals surface area contributed by atoms with Crippen LogP contribution in [-0.2, 0) is 4.79 Å². The molecule has 0 aliphatic heterocycles. The van der Waals surface area contributed by atoms with Crippen molar-refractivity contribution < 1.29 is 14.7 Å². The van der Waals surface area contributed by atoms with Crippen LogP contribution in [0.25, 0.3) is 0 Å². The van der Waals surface area contributed by atoms with Gasteiger partial charge in [0.2, 0.25) is 0 Å². The number of carboxylic acid groups (broad SMARTS) is 1. The first-order chi connectivity index (χ1) is 8.42. The standard InChI is InChI=1S/C13H26N2O3/c1-5-7-8-10(3)14-13(18)15(9-12(16)17)11(4)6-2/h10-11H,5-9H2,1-4H3,(H,14,18)(H,16,17). The number of carbonyl (C=O) groups excluding carboxylic acids is 1. The van der Waals surface area contributed by atoms with E-state index >= 15 is 0 Å². The van der Waals surface area contributed by atoms with Crippen molar-refractivity contribution >= 4 is 12.0 Å². The molecular weight excluding hydrogens is 232 g/mol. The van der Waals surface area contributed by atoms with Gasteiger partial charge in [-0.25, -0.2) is 4.79 Å². The molecular formula is C13H26N2O3. The second kappa shape index (κ2) is 8.78. The van der Waals surface area contributed by atoms with Crippen molar-refractivity contribution in [3.63, 3.8) is 0 Å². The van der Waals surface area contributed by atoms with Crippen LogP contribution in [0.15, 0.2) is 0 Å². The van der Waals surface area contributed by atoms with E-state index in [0.717, 1.165) is 25.7 Å². The minimum Gasteiger partial charge on any atom is -0.480 e. The fourth-order valence-electron chi connectivity index (χ4n) is 1.67. The van der Waals surface area contributed by atoms with E-state index in [4.69, 9.17) is 5.11 Å². The minimum absolute atomic E-state index is 0.0699. The molecule has 5 nitrogen and oxygen atoms in total. The van der Waals surface area contributed by atoms with Gasteiger partial charge in [-0.3, -0.25) is 4.79 Å². The number of hydrogen-bond acceptors (Lipinski definition) is 2. The number of nitrogens with zero attached hydrogens (tertiary/aromatic N) is 1. The maximum absolute atomic E-state index is 12.0. The van der Waals surface area contributed by atoms with Gasteiger partial charge in [0.25, 0.3) is 0 Å². The van der Waals surface area contributed by atoms with Crippen LogP contribution >= 0.6 is 0 Å². The Morgan fingerprint density at radius 2 is 1.89 bits per heavy atom. The molecule has 2 N–H and O–H groups in total. The topological polar surface area (TPSA) is 69.6 Å². The van der Waals surface area contributed by atoms with Gasteiger partial charge in [0, 0.05) is 12.1 Å². The average Bonchev–Trinajstić information content (AvgIpc) is 2.32. The van der Waals surface area contributed by atoms with Gasteiger partial charge in [-0.1, -0.05) is 26.7 Å². The fourth-order valence-corrected chi connectivity index (χ4v) is 1.67. The number of urea groups is 1. The molecule has 0 aromatic heterocycles. The van der Waals surface area contributed by atoms with Crippen LogP contribution in [0, 0.1) is 0 Å². The first-order valence-corrected chi connectivity index (χ1v) is 6.71. The zero-order valence-corrected chi connectivity index (χ0v) is 11.9. The number of carboxylic acids is 1. The highest BCUT2D eigenvalue weighted by molar-refractivity contribution is 5.80. The summed E-state index contributed by atoms with van der Waals surface area (Å²) in [4.78, 5) is 24.2. The maximum Gasteiger partial charge on any atom is 0.323 e. The van der Waals surface area contributed by atoms with Gasteiger partial charge < -0.3 is 15.3 Å². The predicted octanol–water partition coefficient (Wildman–Crippen LogP) is 2.46. The molecule has 0 aliphatic rings. The molecule has 0 rings (SSSR count). The highest BCUT2D eigenvalue weighted by Crippen LogP contribution is 2.06. The first-order valence-electron chi connectivity index (χ1n) is 6.71. The van der Waals surface area contributed by atoms with Crippen LogP contribution in [0.5, 0.6) is 0 Å². The highest BCUT2D eigenvalue weighted by atomic mass is 16.4. The van der Waals surface area contributed by atoms with Crippen molar-refractivity contribution in [2.45, 2.75) is 65.5 Å². The minimum atomic E-state index is -0.980. The second-order valence-corrected chi connectivity index (χ2v) is 4.77. The van der Waals surface area contributed by atoms with Crippen molar-refractivity contribution in [3.8, 4) is 0 Å². The van der Waals surface area contributed by atoms with Gasteiger partial charge in [-0.2, -0.15) is 0 Å². The van der Waals surface area contributed by atoms with Gasteiger partial charge in [0.15, 0.2) is 0 Å². The molecule has 0 fully saturated rings. The van der Waals surface area contributed by atoms with Crippen LogP contribution < -0.4 is 5.32 Å². The lowest BCUT2D eigenvalue weighted by Crippen LogP contribution is -2.49. The monoisotopic (exact) mass is 258 g/mol. The lowest BCUT2D eigenvalue weighted by atomic mass is 10.1. The number of nitrogens with one attached hydrogen (secondary N) is 1. The molecule has 0 saturated carbocycles. The smallest absolute Gasteiger partial charge is 0.323 e. The molecule has 0 radical (unpaired) electrons. The molecule has 5 heteroatoms. The zero-order valence-electron chi connectivity index (χ0n) is 11.9. The summed E-state index contributed by atoms with van der Waals surface area (Å²) in [6.07, 6.45) is 3.81. The van der Waals surface area contributed by atoms with Crippen molar-refractivity contribution in [2.75, 3.05) is 6.54 Å².